The SMILES string of the molecule is Cc1cc2c(Cl)nc(NC3CC3)nc2s1. The van der Waals surface area contributed by atoms with Crippen molar-refractivity contribution in [1.29, 1.82) is 0 Å². The molecule has 0 radical (unpaired) electrons. The van der Waals surface area contributed by atoms with Crippen LogP contribution in [0.5, 0.6) is 0 Å². The van der Waals surface area contributed by atoms with Gasteiger partial charge in [0, 0.05) is 16.3 Å². The zero-order valence-corrected chi connectivity index (χ0v) is 9.82. The highest BCUT2D eigenvalue weighted by Gasteiger charge is 2.22. The number of fused-ring (bicyclic) bond motifs is 1. The smallest absolute Gasteiger partial charge is 0.225 e. The van der Waals surface area contributed by atoms with Gasteiger partial charge in [-0.1, -0.05) is 11.6 Å². The molecule has 15 heavy (non-hydrogen) atoms. The number of anilines is 1. The van der Waals surface area contributed by atoms with Gasteiger partial charge in [-0.05, 0) is 25.8 Å². The number of nitrogens with zero attached hydrogens (tertiary/aromatic N) is 2. The average molecular weight is 240 g/mol. The van der Waals surface area contributed by atoms with Gasteiger partial charge in [0.15, 0.2) is 0 Å². The third-order valence-corrected chi connectivity index (χ3v) is 3.61. The van der Waals surface area contributed by atoms with Gasteiger partial charge in [0.2, 0.25) is 5.95 Å². The average Bonchev–Trinajstić information content (AvgIpc) is 2.87. The van der Waals surface area contributed by atoms with Gasteiger partial charge in [0.05, 0.1) is 0 Å². The Morgan fingerprint density at radius 2 is 2.27 bits per heavy atom. The standard InChI is InChI=1S/C10H10ClN3S/c1-5-4-7-8(11)13-10(12-6-2-3-6)14-9(7)15-5/h4,6H,2-3H2,1H3,(H,12,13,14). The van der Waals surface area contributed by atoms with Crippen LogP contribution >= 0.6 is 22.9 Å². The molecule has 3 rings (SSSR count). The Labute approximate surface area is 96.5 Å². The van der Waals surface area contributed by atoms with Crippen molar-refractivity contribution in [3.05, 3.63) is 16.1 Å². The fourth-order valence-corrected chi connectivity index (χ4v) is 2.64. The van der Waals surface area contributed by atoms with Gasteiger partial charge < -0.3 is 5.32 Å². The fraction of sp³-hybridized carbons (Fsp3) is 0.400. The van der Waals surface area contributed by atoms with Crippen molar-refractivity contribution in [1.82, 2.24) is 9.97 Å². The summed E-state index contributed by atoms with van der Waals surface area (Å²) in [6.45, 7) is 2.05. The molecule has 5 heteroatoms. The van der Waals surface area contributed by atoms with Crippen LogP contribution in [0.4, 0.5) is 5.95 Å². The highest BCUT2D eigenvalue weighted by Crippen LogP contribution is 2.30. The number of aryl methyl sites for hydroxylation is 1. The number of thiophene rings is 1. The maximum atomic E-state index is 6.09. The van der Waals surface area contributed by atoms with E-state index in [1.54, 1.807) is 11.3 Å². The van der Waals surface area contributed by atoms with Crippen LogP contribution in [0.3, 0.4) is 0 Å². The third-order valence-electron chi connectivity index (χ3n) is 2.38. The molecule has 1 fully saturated rings. The van der Waals surface area contributed by atoms with Crippen LogP contribution in [0.2, 0.25) is 5.15 Å². The Morgan fingerprint density at radius 1 is 1.47 bits per heavy atom. The third kappa shape index (κ3) is 1.79. The highest BCUT2D eigenvalue weighted by molar-refractivity contribution is 7.18. The minimum absolute atomic E-state index is 0.549. The Balaban J connectivity index is 2.08. The molecule has 0 bridgehead atoms. The van der Waals surface area contributed by atoms with Gasteiger partial charge in [0.1, 0.15) is 9.98 Å². The molecule has 0 spiro atoms. The molecule has 3 nitrogen and oxygen atoms in total. The summed E-state index contributed by atoms with van der Waals surface area (Å²) in [7, 11) is 0. The van der Waals surface area contributed by atoms with E-state index in [2.05, 4.69) is 22.2 Å². The molecule has 1 aliphatic rings. The zero-order valence-electron chi connectivity index (χ0n) is 8.25. The van der Waals surface area contributed by atoms with E-state index in [0.717, 1.165) is 10.2 Å². The van der Waals surface area contributed by atoms with E-state index in [1.807, 2.05) is 6.07 Å². The van der Waals surface area contributed by atoms with Crippen LogP contribution < -0.4 is 5.32 Å². The lowest BCUT2D eigenvalue weighted by Gasteiger charge is -2.02. The van der Waals surface area contributed by atoms with E-state index < -0.39 is 0 Å². The van der Waals surface area contributed by atoms with Crippen LogP contribution in [0.25, 0.3) is 10.2 Å². The van der Waals surface area contributed by atoms with Crippen molar-refractivity contribution in [3.63, 3.8) is 0 Å². The number of aromatic nitrogens is 2. The molecule has 1 N–H and O–H groups in total. The number of hydrogen-bond acceptors (Lipinski definition) is 4. The predicted molar refractivity (Wildman–Crippen MR) is 63.8 cm³/mol. The van der Waals surface area contributed by atoms with Crippen molar-refractivity contribution in [2.75, 3.05) is 5.32 Å². The number of nitrogens with one attached hydrogen (secondary N) is 1. The molecule has 2 aromatic rings. The van der Waals surface area contributed by atoms with Crippen molar-refractivity contribution < 1.29 is 0 Å². The lowest BCUT2D eigenvalue weighted by molar-refractivity contribution is 1.07. The van der Waals surface area contributed by atoms with Gasteiger partial charge in [-0.3, -0.25) is 0 Å². The fourth-order valence-electron chi connectivity index (χ4n) is 1.48. The molecular formula is C10H10ClN3S. The minimum atomic E-state index is 0.549. The van der Waals surface area contributed by atoms with E-state index in [9.17, 15) is 0 Å². The monoisotopic (exact) mass is 239 g/mol. The quantitative estimate of drug-likeness (QED) is 0.818. The van der Waals surface area contributed by atoms with Gasteiger partial charge >= 0.3 is 0 Å². The second-order valence-electron chi connectivity index (χ2n) is 3.83. The maximum absolute atomic E-state index is 6.09. The van der Waals surface area contributed by atoms with Crippen LogP contribution in [-0.4, -0.2) is 16.0 Å². The van der Waals surface area contributed by atoms with Gasteiger partial charge in [-0.2, -0.15) is 0 Å². The van der Waals surface area contributed by atoms with Crippen molar-refractivity contribution >= 4 is 39.1 Å². The van der Waals surface area contributed by atoms with Crippen molar-refractivity contribution in [3.8, 4) is 0 Å². The Bertz CT molecular complexity index is 519. The van der Waals surface area contributed by atoms with E-state index in [-0.39, 0.29) is 0 Å². The topological polar surface area (TPSA) is 37.8 Å². The number of hydrogen-bond donors (Lipinski definition) is 1. The lowest BCUT2D eigenvalue weighted by Crippen LogP contribution is -2.04. The molecule has 2 aromatic heterocycles. The number of rotatable bonds is 2. The first-order valence-corrected chi connectivity index (χ1v) is 6.12. The molecule has 1 aliphatic carbocycles. The normalized spacial score (nSPS) is 15.9. The van der Waals surface area contributed by atoms with Crippen LogP contribution in [0.15, 0.2) is 6.07 Å². The van der Waals surface area contributed by atoms with Crippen LogP contribution in [0, 0.1) is 6.92 Å². The first-order valence-electron chi connectivity index (χ1n) is 4.92. The van der Waals surface area contributed by atoms with E-state index >= 15 is 0 Å². The largest absolute Gasteiger partial charge is 0.351 e. The maximum Gasteiger partial charge on any atom is 0.225 e. The molecule has 0 aromatic carbocycles. The van der Waals surface area contributed by atoms with Crippen LogP contribution in [0.1, 0.15) is 17.7 Å². The summed E-state index contributed by atoms with van der Waals surface area (Å²) in [5.41, 5.74) is 0. The first kappa shape index (κ1) is 9.36. The van der Waals surface area contributed by atoms with Gasteiger partial charge in [-0.25, -0.2) is 9.97 Å². The van der Waals surface area contributed by atoms with Crippen molar-refractivity contribution in [2.24, 2.45) is 0 Å². The first-order chi connectivity index (χ1) is 7.22. The Hall–Kier alpha value is -0.870. The molecule has 0 unspecified atom stereocenters. The molecule has 0 amide bonds. The molecule has 0 atom stereocenters. The molecule has 1 saturated carbocycles. The van der Waals surface area contributed by atoms with Crippen molar-refractivity contribution in [2.45, 2.75) is 25.8 Å². The molecule has 0 saturated heterocycles. The van der Waals surface area contributed by atoms with E-state index in [1.165, 1.54) is 17.7 Å². The summed E-state index contributed by atoms with van der Waals surface area (Å²) >= 11 is 7.75. The summed E-state index contributed by atoms with van der Waals surface area (Å²) in [4.78, 5) is 10.9. The zero-order chi connectivity index (χ0) is 10.4. The Morgan fingerprint density at radius 3 is 3.00 bits per heavy atom. The van der Waals surface area contributed by atoms with Crippen LogP contribution in [-0.2, 0) is 0 Å². The highest BCUT2D eigenvalue weighted by atomic mass is 35.5. The number of halogens is 1. The second kappa shape index (κ2) is 3.32. The lowest BCUT2D eigenvalue weighted by atomic mass is 10.4. The summed E-state index contributed by atoms with van der Waals surface area (Å²) in [5, 5.41) is 4.77. The Kier molecular flexibility index (Phi) is 2.07. The summed E-state index contributed by atoms with van der Waals surface area (Å²) in [6, 6.07) is 2.59. The van der Waals surface area contributed by atoms with Gasteiger partial charge in [0.25, 0.3) is 0 Å². The second-order valence-corrected chi connectivity index (χ2v) is 5.43. The molecular weight excluding hydrogens is 230 g/mol. The molecule has 2 heterocycles. The minimum Gasteiger partial charge on any atom is -0.351 e. The molecule has 0 aliphatic heterocycles. The summed E-state index contributed by atoms with van der Waals surface area (Å²) < 4.78 is 0. The predicted octanol–water partition coefficient (Wildman–Crippen LogP) is 3.23. The summed E-state index contributed by atoms with van der Waals surface area (Å²) in [5.74, 6) is 0.664. The molecule has 78 valence electrons. The summed E-state index contributed by atoms with van der Waals surface area (Å²) in [6.07, 6.45) is 2.42. The van der Waals surface area contributed by atoms with E-state index in [4.69, 9.17) is 11.6 Å². The van der Waals surface area contributed by atoms with E-state index in [0.29, 0.717) is 17.1 Å². The van der Waals surface area contributed by atoms with Gasteiger partial charge in [-0.15, -0.1) is 11.3 Å².